The standard InChI is InChI=1S/C18H21ClN4O2/c1-10-13(6-21-15-4-5-25-17(10)15)7-23-8-14(9-24)16(11(23)2)18(19)22-12(3)20/h4-6,14,24H,2,7-9H2,1,3H3,(H2,20,22)/b18-16+. The van der Waals surface area contributed by atoms with E-state index in [4.69, 9.17) is 21.8 Å². The third-order valence-corrected chi connectivity index (χ3v) is 4.73. The normalized spacial score (nSPS) is 20.6. The average molecular weight is 361 g/mol. The number of aliphatic hydroxyl groups excluding tert-OH is 1. The molecule has 0 aliphatic carbocycles. The Hall–Kier alpha value is -2.31. The molecule has 1 atom stereocenters. The highest BCUT2D eigenvalue weighted by molar-refractivity contribution is 6.30. The molecule has 1 aliphatic rings. The first-order chi connectivity index (χ1) is 11.9. The first kappa shape index (κ1) is 17.5. The van der Waals surface area contributed by atoms with E-state index in [2.05, 4.69) is 21.5 Å². The van der Waals surface area contributed by atoms with E-state index in [1.165, 1.54) is 0 Å². The summed E-state index contributed by atoms with van der Waals surface area (Å²) < 4.78 is 5.52. The molecule has 0 amide bonds. The van der Waals surface area contributed by atoms with Gasteiger partial charge in [-0.2, -0.15) is 0 Å². The van der Waals surface area contributed by atoms with Crippen molar-refractivity contribution < 1.29 is 9.52 Å². The smallest absolute Gasteiger partial charge is 0.155 e. The number of aromatic nitrogens is 1. The lowest BCUT2D eigenvalue weighted by molar-refractivity contribution is 0.232. The van der Waals surface area contributed by atoms with Crippen LogP contribution in [0.5, 0.6) is 0 Å². The Morgan fingerprint density at radius 3 is 3.04 bits per heavy atom. The number of hydrogen-bond donors (Lipinski definition) is 2. The van der Waals surface area contributed by atoms with Gasteiger partial charge in [0.25, 0.3) is 0 Å². The average Bonchev–Trinajstić information content (AvgIpc) is 3.14. The van der Waals surface area contributed by atoms with Crippen LogP contribution in [0, 0.1) is 12.8 Å². The summed E-state index contributed by atoms with van der Waals surface area (Å²) in [5.74, 6) is 0.215. The second-order valence-electron chi connectivity index (χ2n) is 6.21. The van der Waals surface area contributed by atoms with Crippen molar-refractivity contribution in [1.29, 1.82) is 0 Å². The Kier molecular flexibility index (Phi) is 4.83. The van der Waals surface area contributed by atoms with Gasteiger partial charge in [-0.15, -0.1) is 0 Å². The molecule has 1 saturated heterocycles. The van der Waals surface area contributed by atoms with Gasteiger partial charge in [0.05, 0.1) is 18.7 Å². The van der Waals surface area contributed by atoms with Gasteiger partial charge in [-0.25, -0.2) is 4.99 Å². The number of halogens is 1. The Labute approximate surface area is 151 Å². The summed E-state index contributed by atoms with van der Waals surface area (Å²) >= 11 is 6.30. The third kappa shape index (κ3) is 3.27. The molecule has 0 radical (unpaired) electrons. The maximum Gasteiger partial charge on any atom is 0.155 e. The molecule has 3 heterocycles. The first-order valence-electron chi connectivity index (χ1n) is 7.99. The Bertz CT molecular complexity index is 880. The molecule has 1 unspecified atom stereocenters. The minimum Gasteiger partial charge on any atom is -0.462 e. The number of amidine groups is 1. The maximum atomic E-state index is 9.72. The third-order valence-electron chi connectivity index (χ3n) is 4.45. The van der Waals surface area contributed by atoms with Gasteiger partial charge in [0.1, 0.15) is 10.7 Å². The quantitative estimate of drug-likeness (QED) is 0.497. The highest BCUT2D eigenvalue weighted by Crippen LogP contribution is 2.37. The number of allylic oxidation sites excluding steroid dienone is 1. The highest BCUT2D eigenvalue weighted by Gasteiger charge is 2.33. The number of aliphatic hydroxyl groups is 1. The van der Waals surface area contributed by atoms with Gasteiger partial charge in [0.15, 0.2) is 5.58 Å². The summed E-state index contributed by atoms with van der Waals surface area (Å²) in [5.41, 5.74) is 10.8. The second kappa shape index (κ2) is 6.90. The second-order valence-corrected chi connectivity index (χ2v) is 6.57. The van der Waals surface area contributed by atoms with Crippen LogP contribution < -0.4 is 5.73 Å². The lowest BCUT2D eigenvalue weighted by Gasteiger charge is -2.20. The van der Waals surface area contributed by atoms with E-state index in [-0.39, 0.29) is 17.7 Å². The van der Waals surface area contributed by atoms with Crippen LogP contribution in [0.1, 0.15) is 18.1 Å². The summed E-state index contributed by atoms with van der Waals surface area (Å²) in [6, 6.07) is 1.84. The van der Waals surface area contributed by atoms with Crippen LogP contribution in [0.4, 0.5) is 0 Å². The fourth-order valence-electron chi connectivity index (χ4n) is 3.12. The van der Waals surface area contributed by atoms with Gasteiger partial charge >= 0.3 is 0 Å². The number of likely N-dealkylation sites (tertiary alicyclic amines) is 1. The van der Waals surface area contributed by atoms with E-state index in [0.29, 0.717) is 18.9 Å². The number of hydrogen-bond acceptors (Lipinski definition) is 5. The number of aryl methyl sites for hydroxylation is 1. The van der Waals surface area contributed by atoms with Gasteiger partial charge in [0, 0.05) is 48.1 Å². The van der Waals surface area contributed by atoms with E-state index in [1.807, 2.05) is 19.2 Å². The van der Waals surface area contributed by atoms with Crippen molar-refractivity contribution in [3.63, 3.8) is 0 Å². The molecule has 2 aromatic rings. The number of furan rings is 1. The summed E-state index contributed by atoms with van der Waals surface area (Å²) in [5, 5.41) is 10.0. The predicted molar refractivity (Wildman–Crippen MR) is 99.0 cm³/mol. The summed E-state index contributed by atoms with van der Waals surface area (Å²) in [6.45, 7) is 8.99. The number of aliphatic imine (C=N–C) groups is 1. The topological polar surface area (TPSA) is 87.9 Å². The largest absolute Gasteiger partial charge is 0.462 e. The summed E-state index contributed by atoms with van der Waals surface area (Å²) in [4.78, 5) is 10.6. The van der Waals surface area contributed by atoms with Crippen molar-refractivity contribution in [2.75, 3.05) is 13.2 Å². The molecule has 3 rings (SSSR count). The first-order valence-corrected chi connectivity index (χ1v) is 8.37. The minimum absolute atomic E-state index is 0.0331. The summed E-state index contributed by atoms with van der Waals surface area (Å²) in [6.07, 6.45) is 3.48. The van der Waals surface area contributed by atoms with Gasteiger partial charge in [0.2, 0.25) is 0 Å². The monoisotopic (exact) mass is 360 g/mol. The molecule has 25 heavy (non-hydrogen) atoms. The molecule has 1 aliphatic heterocycles. The molecule has 3 N–H and O–H groups in total. The van der Waals surface area contributed by atoms with Crippen molar-refractivity contribution in [3.8, 4) is 0 Å². The van der Waals surface area contributed by atoms with Crippen LogP contribution in [0.3, 0.4) is 0 Å². The zero-order valence-corrected chi connectivity index (χ0v) is 15.0. The molecule has 6 nitrogen and oxygen atoms in total. The molecule has 1 fully saturated rings. The van der Waals surface area contributed by atoms with Gasteiger partial charge in [-0.3, -0.25) is 4.98 Å². The molecule has 132 valence electrons. The zero-order chi connectivity index (χ0) is 18.1. The van der Waals surface area contributed by atoms with Crippen molar-refractivity contribution >= 4 is 28.5 Å². The molecular formula is C18H21ClN4O2. The molecule has 0 spiro atoms. The van der Waals surface area contributed by atoms with Crippen LogP contribution in [0.25, 0.3) is 11.1 Å². The number of nitrogens with zero attached hydrogens (tertiary/aromatic N) is 3. The lowest BCUT2D eigenvalue weighted by Crippen LogP contribution is -2.20. The van der Waals surface area contributed by atoms with Crippen LogP contribution in [-0.2, 0) is 6.54 Å². The van der Waals surface area contributed by atoms with Crippen LogP contribution >= 0.6 is 11.6 Å². The fraction of sp³-hybridized carbons (Fsp3) is 0.333. The van der Waals surface area contributed by atoms with E-state index in [9.17, 15) is 5.11 Å². The molecule has 0 aromatic carbocycles. The van der Waals surface area contributed by atoms with Crippen molar-refractivity contribution in [3.05, 3.63) is 52.7 Å². The van der Waals surface area contributed by atoms with Gasteiger partial charge < -0.3 is 20.2 Å². The van der Waals surface area contributed by atoms with Crippen molar-refractivity contribution in [1.82, 2.24) is 9.88 Å². The molecule has 0 bridgehead atoms. The molecule has 0 saturated carbocycles. The molecule has 2 aromatic heterocycles. The van der Waals surface area contributed by atoms with Crippen molar-refractivity contribution in [2.45, 2.75) is 20.4 Å². The lowest BCUT2D eigenvalue weighted by atomic mass is 10.0. The van der Waals surface area contributed by atoms with E-state index < -0.39 is 0 Å². The van der Waals surface area contributed by atoms with E-state index in [1.54, 1.807) is 13.2 Å². The van der Waals surface area contributed by atoms with Gasteiger partial charge in [-0.05, 0) is 19.4 Å². The highest BCUT2D eigenvalue weighted by atomic mass is 35.5. The Morgan fingerprint density at radius 2 is 2.36 bits per heavy atom. The predicted octanol–water partition coefficient (Wildman–Crippen LogP) is 2.90. The number of rotatable bonds is 4. The van der Waals surface area contributed by atoms with Gasteiger partial charge in [-0.1, -0.05) is 18.2 Å². The Balaban J connectivity index is 1.92. The fourth-order valence-corrected chi connectivity index (χ4v) is 3.52. The number of nitrogens with two attached hydrogens (primary N) is 1. The SMILES string of the molecule is C=C1/C(=C(Cl)\N=C(/C)N)C(CO)CN1Cc1cnc2ccoc2c1C. The summed E-state index contributed by atoms with van der Waals surface area (Å²) in [7, 11) is 0. The minimum atomic E-state index is -0.149. The van der Waals surface area contributed by atoms with Crippen LogP contribution in [-0.4, -0.2) is 34.0 Å². The van der Waals surface area contributed by atoms with Crippen LogP contribution in [0.15, 0.2) is 50.9 Å². The van der Waals surface area contributed by atoms with E-state index in [0.717, 1.165) is 33.5 Å². The zero-order valence-electron chi connectivity index (χ0n) is 14.3. The van der Waals surface area contributed by atoms with Crippen LogP contribution in [0.2, 0.25) is 0 Å². The molecular weight excluding hydrogens is 340 g/mol. The Morgan fingerprint density at radius 1 is 1.60 bits per heavy atom. The number of fused-ring (bicyclic) bond motifs is 1. The van der Waals surface area contributed by atoms with Crippen molar-refractivity contribution in [2.24, 2.45) is 16.6 Å². The number of pyridine rings is 1. The molecule has 7 heteroatoms. The maximum absolute atomic E-state index is 9.72. The van der Waals surface area contributed by atoms with E-state index >= 15 is 0 Å².